The van der Waals surface area contributed by atoms with Crippen LogP contribution in [-0.2, 0) is 4.84 Å². The van der Waals surface area contributed by atoms with E-state index < -0.39 is 5.60 Å². The van der Waals surface area contributed by atoms with Gasteiger partial charge in [-0.05, 0) is 30.9 Å². The van der Waals surface area contributed by atoms with Crippen molar-refractivity contribution in [2.75, 3.05) is 6.61 Å². The maximum atomic E-state index is 9.11. The standard InChI is InChI=1S/C10H13NO2S/c1-7-3-4-14-9(7)8-5-10(2,6-12)13-11-8/h3-4,12H,5-6H2,1-2H3. The van der Waals surface area contributed by atoms with E-state index in [1.165, 1.54) is 10.4 Å². The molecule has 0 aromatic carbocycles. The molecule has 1 N–H and O–H groups in total. The van der Waals surface area contributed by atoms with Crippen LogP contribution in [0.2, 0.25) is 0 Å². The summed E-state index contributed by atoms with van der Waals surface area (Å²) in [4.78, 5) is 6.39. The van der Waals surface area contributed by atoms with Crippen LogP contribution in [-0.4, -0.2) is 23.0 Å². The predicted molar refractivity (Wildman–Crippen MR) is 56.8 cm³/mol. The number of hydrogen-bond donors (Lipinski definition) is 1. The van der Waals surface area contributed by atoms with Gasteiger partial charge >= 0.3 is 0 Å². The van der Waals surface area contributed by atoms with Gasteiger partial charge in [0, 0.05) is 6.42 Å². The van der Waals surface area contributed by atoms with Crippen molar-refractivity contribution in [1.29, 1.82) is 0 Å². The van der Waals surface area contributed by atoms with Crippen molar-refractivity contribution < 1.29 is 9.94 Å². The summed E-state index contributed by atoms with van der Waals surface area (Å²) in [6.45, 7) is 3.93. The first-order valence-electron chi connectivity index (χ1n) is 4.55. The second kappa shape index (κ2) is 3.37. The fourth-order valence-electron chi connectivity index (χ4n) is 1.46. The molecule has 0 bridgehead atoms. The molecule has 0 aliphatic carbocycles. The highest BCUT2D eigenvalue weighted by Crippen LogP contribution is 2.29. The number of rotatable bonds is 2. The first-order chi connectivity index (χ1) is 6.64. The van der Waals surface area contributed by atoms with Crippen LogP contribution >= 0.6 is 11.3 Å². The number of thiophene rings is 1. The second-order valence-electron chi connectivity index (χ2n) is 3.85. The zero-order valence-corrected chi connectivity index (χ0v) is 9.10. The Labute approximate surface area is 87.0 Å². The van der Waals surface area contributed by atoms with E-state index in [4.69, 9.17) is 9.94 Å². The van der Waals surface area contributed by atoms with Gasteiger partial charge in [-0.25, -0.2) is 0 Å². The molecule has 0 saturated heterocycles. The zero-order valence-electron chi connectivity index (χ0n) is 8.28. The van der Waals surface area contributed by atoms with E-state index in [1.54, 1.807) is 11.3 Å². The third-order valence-corrected chi connectivity index (χ3v) is 3.44. The van der Waals surface area contributed by atoms with Crippen LogP contribution in [0.4, 0.5) is 0 Å². The number of aryl methyl sites for hydroxylation is 1. The van der Waals surface area contributed by atoms with Gasteiger partial charge in [-0.15, -0.1) is 11.3 Å². The Morgan fingerprint density at radius 1 is 1.71 bits per heavy atom. The molecule has 1 aromatic rings. The summed E-state index contributed by atoms with van der Waals surface area (Å²) in [5.41, 5.74) is 1.65. The van der Waals surface area contributed by atoms with Gasteiger partial charge in [0.25, 0.3) is 0 Å². The third-order valence-electron chi connectivity index (χ3n) is 2.38. The summed E-state index contributed by atoms with van der Waals surface area (Å²) in [6, 6.07) is 2.07. The Morgan fingerprint density at radius 2 is 2.50 bits per heavy atom. The normalized spacial score (nSPS) is 26.1. The van der Waals surface area contributed by atoms with Gasteiger partial charge in [0.2, 0.25) is 0 Å². The van der Waals surface area contributed by atoms with Crippen LogP contribution in [0.1, 0.15) is 23.8 Å². The highest BCUT2D eigenvalue weighted by Gasteiger charge is 2.34. The van der Waals surface area contributed by atoms with Crippen molar-refractivity contribution in [3.63, 3.8) is 0 Å². The van der Waals surface area contributed by atoms with Gasteiger partial charge in [-0.2, -0.15) is 0 Å². The monoisotopic (exact) mass is 211 g/mol. The van der Waals surface area contributed by atoms with Crippen molar-refractivity contribution in [3.8, 4) is 0 Å². The van der Waals surface area contributed by atoms with Crippen LogP contribution in [0.3, 0.4) is 0 Å². The average Bonchev–Trinajstić information content (AvgIpc) is 2.73. The van der Waals surface area contributed by atoms with Crippen molar-refractivity contribution in [3.05, 3.63) is 21.9 Å². The topological polar surface area (TPSA) is 41.8 Å². The molecule has 14 heavy (non-hydrogen) atoms. The largest absolute Gasteiger partial charge is 0.392 e. The molecule has 1 unspecified atom stereocenters. The summed E-state index contributed by atoms with van der Waals surface area (Å²) >= 11 is 1.67. The van der Waals surface area contributed by atoms with Crippen molar-refractivity contribution in [1.82, 2.24) is 0 Å². The van der Waals surface area contributed by atoms with Crippen LogP contribution in [0.5, 0.6) is 0 Å². The van der Waals surface area contributed by atoms with Gasteiger partial charge in [0.15, 0.2) is 5.60 Å². The molecule has 0 spiro atoms. The van der Waals surface area contributed by atoms with Crippen molar-refractivity contribution in [2.45, 2.75) is 25.9 Å². The van der Waals surface area contributed by atoms with Crippen LogP contribution in [0, 0.1) is 6.92 Å². The molecule has 0 radical (unpaired) electrons. The molecule has 1 aliphatic heterocycles. The van der Waals surface area contributed by atoms with E-state index >= 15 is 0 Å². The maximum Gasteiger partial charge on any atom is 0.163 e. The van der Waals surface area contributed by atoms with Gasteiger partial charge in [0.05, 0.1) is 11.5 Å². The first kappa shape index (κ1) is 9.68. The summed E-state index contributed by atoms with van der Waals surface area (Å²) in [5.74, 6) is 0. The van der Waals surface area contributed by atoms with E-state index in [-0.39, 0.29) is 6.61 Å². The highest BCUT2D eigenvalue weighted by atomic mass is 32.1. The van der Waals surface area contributed by atoms with E-state index in [9.17, 15) is 0 Å². The van der Waals surface area contributed by atoms with Gasteiger partial charge in [0.1, 0.15) is 5.71 Å². The number of aliphatic hydroxyl groups is 1. The number of aliphatic hydroxyl groups excluding tert-OH is 1. The summed E-state index contributed by atoms with van der Waals surface area (Å²) < 4.78 is 0. The Kier molecular flexibility index (Phi) is 2.33. The molecule has 3 nitrogen and oxygen atoms in total. The highest BCUT2D eigenvalue weighted by molar-refractivity contribution is 7.12. The Balaban J connectivity index is 2.21. The number of oxime groups is 1. The third kappa shape index (κ3) is 1.55. The quantitative estimate of drug-likeness (QED) is 0.812. The lowest BCUT2D eigenvalue weighted by molar-refractivity contribution is -0.0428. The molecular weight excluding hydrogens is 198 g/mol. The van der Waals surface area contributed by atoms with E-state index in [0.717, 1.165) is 5.71 Å². The lowest BCUT2D eigenvalue weighted by Gasteiger charge is -2.17. The lowest BCUT2D eigenvalue weighted by Crippen LogP contribution is -2.29. The van der Waals surface area contributed by atoms with Crippen molar-refractivity contribution in [2.24, 2.45) is 5.16 Å². The number of hydrogen-bond acceptors (Lipinski definition) is 4. The molecule has 76 valence electrons. The molecule has 0 amide bonds. The smallest absolute Gasteiger partial charge is 0.163 e. The van der Waals surface area contributed by atoms with Gasteiger partial charge in [-0.3, -0.25) is 0 Å². The molecule has 1 aliphatic rings. The molecule has 0 fully saturated rings. The molecule has 2 rings (SSSR count). The summed E-state index contributed by atoms with van der Waals surface area (Å²) in [7, 11) is 0. The van der Waals surface area contributed by atoms with E-state index in [0.29, 0.717) is 6.42 Å². The Bertz CT molecular complexity index is 372. The minimum Gasteiger partial charge on any atom is -0.392 e. The minimum atomic E-state index is -0.522. The maximum absolute atomic E-state index is 9.11. The van der Waals surface area contributed by atoms with Crippen molar-refractivity contribution >= 4 is 17.0 Å². The fourth-order valence-corrected chi connectivity index (χ4v) is 2.37. The summed E-state index contributed by atoms with van der Waals surface area (Å²) in [5, 5.41) is 15.2. The lowest BCUT2D eigenvalue weighted by atomic mass is 9.99. The summed E-state index contributed by atoms with van der Waals surface area (Å²) in [6.07, 6.45) is 0.685. The predicted octanol–water partition coefficient (Wildman–Crippen LogP) is 1.93. The Hall–Kier alpha value is -0.870. The van der Waals surface area contributed by atoms with Crippen LogP contribution in [0.25, 0.3) is 0 Å². The zero-order chi connectivity index (χ0) is 10.2. The van der Waals surface area contributed by atoms with Gasteiger partial charge in [-0.1, -0.05) is 5.16 Å². The van der Waals surface area contributed by atoms with E-state index in [1.807, 2.05) is 12.3 Å². The minimum absolute atomic E-state index is 0.00439. The molecule has 1 atom stereocenters. The molecule has 4 heteroatoms. The van der Waals surface area contributed by atoms with Crippen LogP contribution in [0.15, 0.2) is 16.6 Å². The molecule has 0 saturated carbocycles. The molecular formula is C10H13NO2S. The molecule has 1 aromatic heterocycles. The second-order valence-corrected chi connectivity index (χ2v) is 4.76. The SMILES string of the molecule is Cc1ccsc1C1=NOC(C)(CO)C1. The van der Waals surface area contributed by atoms with E-state index in [2.05, 4.69) is 18.1 Å². The van der Waals surface area contributed by atoms with Gasteiger partial charge < -0.3 is 9.94 Å². The Morgan fingerprint density at radius 3 is 3.00 bits per heavy atom. The fraction of sp³-hybridized carbons (Fsp3) is 0.500. The average molecular weight is 211 g/mol. The molecule has 2 heterocycles. The first-order valence-corrected chi connectivity index (χ1v) is 5.43. The number of nitrogens with zero attached hydrogens (tertiary/aromatic N) is 1. The van der Waals surface area contributed by atoms with Crippen LogP contribution < -0.4 is 0 Å².